The highest BCUT2D eigenvalue weighted by molar-refractivity contribution is 5.92. The predicted molar refractivity (Wildman–Crippen MR) is 119 cm³/mol. The molecule has 0 atom stereocenters. The number of nitrogens with zero attached hydrogens (tertiary/aromatic N) is 3. The fourth-order valence-corrected chi connectivity index (χ4v) is 3.71. The van der Waals surface area contributed by atoms with E-state index >= 15 is 0 Å². The number of hydrogen-bond donors (Lipinski definition) is 2. The van der Waals surface area contributed by atoms with Gasteiger partial charge in [-0.1, -0.05) is 32.0 Å². The molecule has 0 saturated carbocycles. The quantitative estimate of drug-likeness (QED) is 0.792. The molecule has 162 valence electrons. The Morgan fingerprint density at radius 2 is 1.73 bits per heavy atom. The standard InChI is InChI=1S/C23H33N5O2/c1-16(2)20-15-19(26-28(20)23(3,4)5)21(29)27-13-11-18(12-14-27)25-22(30)24-17-9-7-6-8-10-17/h6-10,15-16,18H,11-14H2,1-5H3,(H2,24,25,30). The summed E-state index contributed by atoms with van der Waals surface area (Å²) in [6.07, 6.45) is 1.45. The van der Waals surface area contributed by atoms with Crippen molar-refractivity contribution in [3.8, 4) is 0 Å². The smallest absolute Gasteiger partial charge is 0.319 e. The summed E-state index contributed by atoms with van der Waals surface area (Å²) in [5, 5.41) is 10.5. The first-order chi connectivity index (χ1) is 14.1. The minimum absolute atomic E-state index is 0.0351. The van der Waals surface area contributed by atoms with Gasteiger partial charge < -0.3 is 15.5 Å². The molecule has 30 heavy (non-hydrogen) atoms. The topological polar surface area (TPSA) is 79.3 Å². The van der Waals surface area contributed by atoms with Gasteiger partial charge in [0, 0.05) is 30.5 Å². The highest BCUT2D eigenvalue weighted by Crippen LogP contribution is 2.24. The third-order valence-electron chi connectivity index (χ3n) is 5.33. The lowest BCUT2D eigenvalue weighted by molar-refractivity contribution is 0.0701. The second-order valence-corrected chi connectivity index (χ2v) is 9.22. The Kier molecular flexibility index (Phi) is 6.48. The summed E-state index contributed by atoms with van der Waals surface area (Å²) in [5.41, 5.74) is 2.15. The third-order valence-corrected chi connectivity index (χ3v) is 5.33. The van der Waals surface area contributed by atoms with Crippen molar-refractivity contribution in [2.45, 2.75) is 65.0 Å². The van der Waals surface area contributed by atoms with Crippen LogP contribution >= 0.6 is 0 Å². The molecule has 2 heterocycles. The number of carbonyl (C=O) groups is 2. The van der Waals surface area contributed by atoms with Gasteiger partial charge in [-0.25, -0.2) is 4.79 Å². The highest BCUT2D eigenvalue weighted by Gasteiger charge is 2.29. The van der Waals surface area contributed by atoms with Gasteiger partial charge in [0.1, 0.15) is 0 Å². The van der Waals surface area contributed by atoms with Gasteiger partial charge in [0.2, 0.25) is 0 Å². The van der Waals surface area contributed by atoms with Crippen molar-refractivity contribution in [2.75, 3.05) is 18.4 Å². The van der Waals surface area contributed by atoms with Gasteiger partial charge in [0.25, 0.3) is 5.91 Å². The molecule has 1 aliphatic heterocycles. The van der Waals surface area contributed by atoms with Crippen LogP contribution < -0.4 is 10.6 Å². The number of carbonyl (C=O) groups excluding carboxylic acids is 2. The van der Waals surface area contributed by atoms with Gasteiger partial charge in [-0.2, -0.15) is 5.10 Å². The summed E-state index contributed by atoms with van der Waals surface area (Å²) in [6, 6.07) is 11.1. The molecule has 2 N–H and O–H groups in total. The number of nitrogens with one attached hydrogen (secondary N) is 2. The number of anilines is 1. The molecular formula is C23H33N5O2. The number of hydrogen-bond acceptors (Lipinski definition) is 3. The Bertz CT molecular complexity index is 875. The molecule has 3 amide bonds. The van der Waals surface area contributed by atoms with Gasteiger partial charge in [-0.3, -0.25) is 9.48 Å². The predicted octanol–water partition coefficient (Wildman–Crippen LogP) is 4.19. The van der Waals surface area contributed by atoms with Crippen LogP contribution in [0, 0.1) is 0 Å². The molecule has 0 bridgehead atoms. The maximum atomic E-state index is 13.0. The van der Waals surface area contributed by atoms with E-state index in [1.54, 1.807) is 0 Å². The van der Waals surface area contributed by atoms with Crippen LogP contribution in [0.5, 0.6) is 0 Å². The Morgan fingerprint density at radius 1 is 1.10 bits per heavy atom. The molecule has 1 saturated heterocycles. The van der Waals surface area contributed by atoms with E-state index in [1.807, 2.05) is 46.0 Å². The van der Waals surface area contributed by atoms with Crippen LogP contribution in [-0.4, -0.2) is 45.8 Å². The molecule has 1 aromatic heterocycles. The molecular weight excluding hydrogens is 378 g/mol. The summed E-state index contributed by atoms with van der Waals surface area (Å²) < 4.78 is 1.97. The van der Waals surface area contributed by atoms with Crippen molar-refractivity contribution in [1.29, 1.82) is 0 Å². The van der Waals surface area contributed by atoms with Crippen LogP contribution in [0.1, 0.15) is 69.6 Å². The SMILES string of the molecule is CC(C)c1cc(C(=O)N2CCC(NC(=O)Nc3ccccc3)CC2)nn1C(C)(C)C. The van der Waals surface area contributed by atoms with Gasteiger partial charge in [0.15, 0.2) is 5.69 Å². The Balaban J connectivity index is 1.57. The summed E-state index contributed by atoms with van der Waals surface area (Å²) in [7, 11) is 0. The van der Waals surface area contributed by atoms with E-state index in [0.717, 1.165) is 24.2 Å². The average molecular weight is 412 g/mol. The molecule has 1 aromatic carbocycles. The van der Waals surface area contributed by atoms with Crippen molar-refractivity contribution < 1.29 is 9.59 Å². The summed E-state index contributed by atoms with van der Waals surface area (Å²) in [6.45, 7) is 11.7. The zero-order chi connectivity index (χ0) is 21.9. The fourth-order valence-electron chi connectivity index (χ4n) is 3.71. The maximum Gasteiger partial charge on any atom is 0.319 e. The molecule has 1 fully saturated rings. The Morgan fingerprint density at radius 3 is 2.27 bits per heavy atom. The monoisotopic (exact) mass is 411 g/mol. The minimum Gasteiger partial charge on any atom is -0.337 e. The first kappa shape index (κ1) is 21.9. The lowest BCUT2D eigenvalue weighted by Crippen LogP contribution is -2.47. The van der Waals surface area contributed by atoms with Crippen LogP contribution in [0.3, 0.4) is 0 Å². The molecule has 7 heteroatoms. The minimum atomic E-state index is -0.212. The number of amides is 3. The first-order valence-electron chi connectivity index (χ1n) is 10.7. The number of benzene rings is 1. The second kappa shape index (κ2) is 8.90. The van der Waals surface area contributed by atoms with Crippen LogP contribution in [-0.2, 0) is 5.54 Å². The van der Waals surface area contributed by atoms with Crippen LogP contribution in [0.2, 0.25) is 0 Å². The lowest BCUT2D eigenvalue weighted by Gasteiger charge is -2.32. The number of rotatable bonds is 4. The van der Waals surface area contributed by atoms with E-state index in [0.29, 0.717) is 18.8 Å². The van der Waals surface area contributed by atoms with E-state index in [1.165, 1.54) is 0 Å². The zero-order valence-electron chi connectivity index (χ0n) is 18.6. The Labute approximate surface area is 178 Å². The molecule has 2 aromatic rings. The van der Waals surface area contributed by atoms with E-state index < -0.39 is 0 Å². The fraction of sp³-hybridized carbons (Fsp3) is 0.522. The van der Waals surface area contributed by atoms with Crippen molar-refractivity contribution in [1.82, 2.24) is 20.0 Å². The normalized spacial score (nSPS) is 15.3. The number of aromatic nitrogens is 2. The first-order valence-corrected chi connectivity index (χ1v) is 10.7. The summed E-state index contributed by atoms with van der Waals surface area (Å²) in [4.78, 5) is 27.1. The highest BCUT2D eigenvalue weighted by atomic mass is 16.2. The molecule has 0 spiro atoms. The number of urea groups is 1. The van der Waals surface area contributed by atoms with E-state index in [4.69, 9.17) is 0 Å². The number of para-hydroxylation sites is 1. The maximum absolute atomic E-state index is 13.0. The number of piperidine rings is 1. The second-order valence-electron chi connectivity index (χ2n) is 9.22. The van der Waals surface area contributed by atoms with Gasteiger partial charge in [0.05, 0.1) is 5.54 Å². The van der Waals surface area contributed by atoms with Gasteiger partial charge in [-0.15, -0.1) is 0 Å². The van der Waals surface area contributed by atoms with Crippen molar-refractivity contribution in [2.24, 2.45) is 0 Å². The van der Waals surface area contributed by atoms with Crippen molar-refractivity contribution >= 4 is 17.6 Å². The molecule has 0 radical (unpaired) electrons. The molecule has 0 aliphatic carbocycles. The third kappa shape index (κ3) is 5.20. The molecule has 1 aliphatic rings. The zero-order valence-corrected chi connectivity index (χ0v) is 18.6. The van der Waals surface area contributed by atoms with Crippen molar-refractivity contribution in [3.05, 3.63) is 47.8 Å². The van der Waals surface area contributed by atoms with Crippen LogP contribution in [0.4, 0.5) is 10.5 Å². The Hall–Kier alpha value is -2.83. The lowest BCUT2D eigenvalue weighted by atomic mass is 10.0. The van der Waals surface area contributed by atoms with Gasteiger partial charge in [-0.05, 0) is 57.7 Å². The summed E-state index contributed by atoms with van der Waals surface area (Å²) in [5.74, 6) is 0.253. The molecule has 3 rings (SSSR count). The average Bonchev–Trinajstić information content (AvgIpc) is 3.15. The van der Waals surface area contributed by atoms with Crippen LogP contribution in [0.15, 0.2) is 36.4 Å². The van der Waals surface area contributed by atoms with E-state index in [2.05, 4.69) is 50.4 Å². The molecule has 7 nitrogen and oxygen atoms in total. The number of likely N-dealkylation sites (tertiary alicyclic amines) is 1. The largest absolute Gasteiger partial charge is 0.337 e. The summed E-state index contributed by atoms with van der Waals surface area (Å²) >= 11 is 0. The van der Waals surface area contributed by atoms with E-state index in [-0.39, 0.29) is 29.4 Å². The van der Waals surface area contributed by atoms with Crippen LogP contribution in [0.25, 0.3) is 0 Å². The van der Waals surface area contributed by atoms with Crippen molar-refractivity contribution in [3.63, 3.8) is 0 Å². The van der Waals surface area contributed by atoms with E-state index in [9.17, 15) is 9.59 Å². The molecule has 0 unspecified atom stereocenters. The van der Waals surface area contributed by atoms with Gasteiger partial charge >= 0.3 is 6.03 Å².